The van der Waals surface area contributed by atoms with Crippen LogP contribution in [-0.2, 0) is 0 Å². The molecule has 1 heterocycles. The van der Waals surface area contributed by atoms with Crippen LogP contribution in [0, 0.1) is 6.54 Å². The van der Waals surface area contributed by atoms with E-state index in [9.17, 15) is 0 Å². The topological polar surface area (TPSA) is 6.48 Å². The number of benzene rings is 1. The molecule has 1 aliphatic rings. The summed E-state index contributed by atoms with van der Waals surface area (Å²) in [4.78, 5) is 4.60. The Bertz CT molecular complexity index is 360. The average molecular weight is 258 g/mol. The molecule has 2 rings (SSSR count). The third-order valence-corrected chi connectivity index (χ3v) is 3.76. The molecule has 1 saturated heterocycles. The van der Waals surface area contributed by atoms with E-state index < -0.39 is 0 Å². The van der Waals surface area contributed by atoms with Crippen molar-refractivity contribution in [3.8, 4) is 0 Å². The van der Waals surface area contributed by atoms with Crippen LogP contribution in [0.4, 0.5) is 5.69 Å². The predicted molar refractivity (Wildman–Crippen MR) is 70.2 cm³/mol. The zero-order valence-corrected chi connectivity index (χ0v) is 10.8. The van der Waals surface area contributed by atoms with Crippen LogP contribution in [0.15, 0.2) is 18.2 Å². The lowest BCUT2D eigenvalue weighted by Crippen LogP contribution is -2.45. The van der Waals surface area contributed by atoms with Crippen molar-refractivity contribution in [1.29, 1.82) is 0 Å². The zero-order chi connectivity index (χ0) is 11.5. The minimum atomic E-state index is 0.628. The molecule has 1 aliphatic heterocycles. The quantitative estimate of drug-likeness (QED) is 0.803. The molecular formula is C12H15Cl2N2. The highest BCUT2D eigenvalue weighted by Crippen LogP contribution is 2.32. The monoisotopic (exact) mass is 257 g/mol. The van der Waals surface area contributed by atoms with Crippen LogP contribution in [0.2, 0.25) is 10.0 Å². The van der Waals surface area contributed by atoms with Crippen LogP contribution in [0.3, 0.4) is 0 Å². The lowest BCUT2D eigenvalue weighted by molar-refractivity contribution is 0.315. The molecule has 0 N–H and O–H groups in total. The Morgan fingerprint density at radius 1 is 1.12 bits per heavy atom. The van der Waals surface area contributed by atoms with E-state index in [1.807, 2.05) is 18.2 Å². The van der Waals surface area contributed by atoms with Gasteiger partial charge in [0, 0.05) is 32.7 Å². The first kappa shape index (κ1) is 12.0. The summed E-state index contributed by atoms with van der Waals surface area (Å²) in [6, 6.07) is 5.80. The lowest BCUT2D eigenvalue weighted by Gasteiger charge is -2.35. The summed E-state index contributed by atoms with van der Waals surface area (Å²) < 4.78 is 0. The fraction of sp³-hybridized carbons (Fsp3) is 0.417. The predicted octanol–water partition coefficient (Wildman–Crippen LogP) is 3.30. The van der Waals surface area contributed by atoms with Crippen molar-refractivity contribution >= 4 is 28.9 Å². The van der Waals surface area contributed by atoms with E-state index in [0.29, 0.717) is 10.0 Å². The molecule has 87 valence electrons. The number of nitrogens with zero attached hydrogens (tertiary/aromatic N) is 2. The Hall–Kier alpha value is -0.440. The molecule has 1 aromatic carbocycles. The van der Waals surface area contributed by atoms with Crippen LogP contribution in [0.5, 0.6) is 0 Å². The van der Waals surface area contributed by atoms with Crippen LogP contribution in [-0.4, -0.2) is 31.1 Å². The van der Waals surface area contributed by atoms with E-state index in [1.165, 1.54) is 0 Å². The molecule has 0 amide bonds. The summed E-state index contributed by atoms with van der Waals surface area (Å²) >= 11 is 12.2. The number of rotatable bonds is 2. The van der Waals surface area contributed by atoms with Crippen LogP contribution in [0.25, 0.3) is 0 Å². The average Bonchev–Trinajstić information content (AvgIpc) is 2.33. The second-order valence-corrected chi connectivity index (χ2v) is 4.64. The highest BCUT2D eigenvalue weighted by Gasteiger charge is 2.18. The van der Waals surface area contributed by atoms with Gasteiger partial charge < -0.3 is 4.90 Å². The number of anilines is 1. The number of piperazine rings is 1. The summed E-state index contributed by atoms with van der Waals surface area (Å²) in [7, 11) is 0. The SMILES string of the molecule is C[CH]N1CCN(c2cccc(Cl)c2Cl)CC1. The standard InChI is InChI=1S/C12H15Cl2N2/c1-2-15-6-8-16(9-7-15)11-5-3-4-10(13)12(11)14/h2-5H,6-9H2,1H3. The van der Waals surface area contributed by atoms with Gasteiger partial charge in [-0.05, 0) is 19.1 Å². The van der Waals surface area contributed by atoms with Gasteiger partial charge in [0.15, 0.2) is 0 Å². The minimum Gasteiger partial charge on any atom is -0.368 e. The number of hydrogen-bond acceptors (Lipinski definition) is 2. The molecule has 1 fully saturated rings. The van der Waals surface area contributed by atoms with Crippen molar-refractivity contribution in [1.82, 2.24) is 4.90 Å². The van der Waals surface area contributed by atoms with Crippen molar-refractivity contribution in [2.45, 2.75) is 6.92 Å². The maximum absolute atomic E-state index is 6.20. The van der Waals surface area contributed by atoms with Gasteiger partial charge in [-0.25, -0.2) is 0 Å². The first-order chi connectivity index (χ1) is 7.72. The molecule has 1 radical (unpaired) electrons. The molecule has 0 aliphatic carbocycles. The molecule has 0 aromatic heterocycles. The lowest BCUT2D eigenvalue weighted by atomic mass is 10.2. The number of halogens is 2. The molecule has 0 unspecified atom stereocenters. The van der Waals surface area contributed by atoms with Crippen molar-refractivity contribution < 1.29 is 0 Å². The maximum atomic E-state index is 6.20. The Kier molecular flexibility index (Phi) is 3.95. The molecule has 16 heavy (non-hydrogen) atoms. The Morgan fingerprint density at radius 2 is 1.81 bits per heavy atom. The molecular weight excluding hydrogens is 243 g/mol. The van der Waals surface area contributed by atoms with Gasteiger partial charge in [0.25, 0.3) is 0 Å². The van der Waals surface area contributed by atoms with Gasteiger partial charge >= 0.3 is 0 Å². The van der Waals surface area contributed by atoms with Crippen molar-refractivity contribution in [2.24, 2.45) is 0 Å². The third-order valence-electron chi connectivity index (χ3n) is 2.95. The van der Waals surface area contributed by atoms with Crippen molar-refractivity contribution in [3.63, 3.8) is 0 Å². The highest BCUT2D eigenvalue weighted by atomic mass is 35.5. The summed E-state index contributed by atoms with van der Waals surface area (Å²) in [5, 5.41) is 1.29. The van der Waals surface area contributed by atoms with Crippen LogP contribution < -0.4 is 4.90 Å². The second-order valence-electron chi connectivity index (χ2n) is 3.85. The van der Waals surface area contributed by atoms with Crippen LogP contribution in [0.1, 0.15) is 6.92 Å². The summed E-state index contributed by atoms with van der Waals surface area (Å²) in [6.45, 7) is 8.27. The van der Waals surface area contributed by atoms with Crippen molar-refractivity contribution in [2.75, 3.05) is 31.1 Å². The Labute approximate surface area is 107 Å². The van der Waals surface area contributed by atoms with E-state index in [-0.39, 0.29) is 0 Å². The minimum absolute atomic E-state index is 0.628. The van der Waals surface area contributed by atoms with Gasteiger partial charge in [0.1, 0.15) is 0 Å². The molecule has 0 saturated carbocycles. The van der Waals surface area contributed by atoms with E-state index in [1.54, 1.807) is 0 Å². The second kappa shape index (κ2) is 5.26. The fourth-order valence-electron chi connectivity index (χ4n) is 1.96. The number of hydrogen-bond donors (Lipinski definition) is 0. The molecule has 1 aromatic rings. The van der Waals surface area contributed by atoms with Gasteiger partial charge in [-0.2, -0.15) is 0 Å². The molecule has 4 heteroatoms. The smallest absolute Gasteiger partial charge is 0.0825 e. The first-order valence-electron chi connectivity index (χ1n) is 5.45. The van der Waals surface area contributed by atoms with E-state index in [2.05, 4.69) is 23.3 Å². The molecule has 2 nitrogen and oxygen atoms in total. The summed E-state index contributed by atoms with van der Waals surface area (Å²) in [6.07, 6.45) is 0. The Morgan fingerprint density at radius 3 is 2.44 bits per heavy atom. The fourth-order valence-corrected chi connectivity index (χ4v) is 2.37. The van der Waals surface area contributed by atoms with Gasteiger partial charge in [0.05, 0.1) is 15.7 Å². The van der Waals surface area contributed by atoms with Gasteiger partial charge in [-0.15, -0.1) is 0 Å². The molecule has 0 atom stereocenters. The van der Waals surface area contributed by atoms with Gasteiger partial charge in [-0.3, -0.25) is 4.90 Å². The van der Waals surface area contributed by atoms with Gasteiger partial charge in [-0.1, -0.05) is 29.3 Å². The maximum Gasteiger partial charge on any atom is 0.0825 e. The first-order valence-corrected chi connectivity index (χ1v) is 6.20. The summed E-state index contributed by atoms with van der Waals surface area (Å²) in [5.74, 6) is 0. The van der Waals surface area contributed by atoms with E-state index >= 15 is 0 Å². The third kappa shape index (κ3) is 2.45. The molecule has 0 spiro atoms. The van der Waals surface area contributed by atoms with Crippen molar-refractivity contribution in [3.05, 3.63) is 34.8 Å². The van der Waals surface area contributed by atoms with E-state index in [0.717, 1.165) is 31.9 Å². The largest absolute Gasteiger partial charge is 0.368 e. The zero-order valence-electron chi connectivity index (χ0n) is 9.29. The normalized spacial score (nSPS) is 17.8. The summed E-state index contributed by atoms with van der Waals surface area (Å²) in [5.41, 5.74) is 1.05. The van der Waals surface area contributed by atoms with E-state index in [4.69, 9.17) is 23.2 Å². The Balaban J connectivity index is 2.11. The van der Waals surface area contributed by atoms with Crippen LogP contribution >= 0.6 is 23.2 Å². The molecule has 0 bridgehead atoms. The highest BCUT2D eigenvalue weighted by molar-refractivity contribution is 6.43. The van der Waals surface area contributed by atoms with Gasteiger partial charge in [0.2, 0.25) is 0 Å².